The van der Waals surface area contributed by atoms with Gasteiger partial charge in [-0.1, -0.05) is 18.2 Å². The van der Waals surface area contributed by atoms with E-state index >= 15 is 0 Å². The van der Waals surface area contributed by atoms with Crippen LogP contribution in [-0.4, -0.2) is 9.97 Å². The summed E-state index contributed by atoms with van der Waals surface area (Å²) in [5.74, 6) is 0. The second kappa shape index (κ2) is 6.15. The third-order valence-corrected chi connectivity index (χ3v) is 5.81. The summed E-state index contributed by atoms with van der Waals surface area (Å²) < 4.78 is 3.86. The van der Waals surface area contributed by atoms with Gasteiger partial charge in [-0.15, -0.1) is 22.7 Å². The van der Waals surface area contributed by atoms with Crippen molar-refractivity contribution in [1.82, 2.24) is 9.97 Å². The van der Waals surface area contributed by atoms with Gasteiger partial charge in [0, 0.05) is 3.57 Å². The lowest BCUT2D eigenvalue weighted by Gasteiger charge is -1.90. The van der Waals surface area contributed by atoms with Crippen LogP contribution in [0.5, 0.6) is 0 Å². The fourth-order valence-electron chi connectivity index (χ4n) is 1.88. The second-order valence-electron chi connectivity index (χ2n) is 4.21. The van der Waals surface area contributed by atoms with E-state index in [2.05, 4.69) is 63.7 Å². The van der Waals surface area contributed by atoms with E-state index in [4.69, 9.17) is 0 Å². The number of aryl methyl sites for hydroxylation is 1. The van der Waals surface area contributed by atoms with E-state index in [-0.39, 0.29) is 0 Å². The number of halogens is 1. The van der Waals surface area contributed by atoms with Crippen molar-refractivity contribution in [2.24, 2.45) is 0 Å². The Hall–Kier alpha value is -1.05. The van der Waals surface area contributed by atoms with Crippen LogP contribution in [0.2, 0.25) is 0 Å². The quantitative estimate of drug-likeness (QED) is 0.358. The highest BCUT2D eigenvalue weighted by Crippen LogP contribution is 2.23. The van der Waals surface area contributed by atoms with Gasteiger partial charge < -0.3 is 0 Å². The Balaban J connectivity index is 0.000000121. The number of para-hydroxylation sites is 1. The van der Waals surface area contributed by atoms with Crippen molar-refractivity contribution in [3.63, 3.8) is 0 Å². The average molecular weight is 410 g/mol. The molecule has 0 aliphatic heterocycles. The summed E-state index contributed by atoms with van der Waals surface area (Å²) >= 11 is 5.71. The Morgan fingerprint density at radius 2 is 1.75 bits per heavy atom. The number of hydrogen-bond donors (Lipinski definition) is 0. The molecule has 4 aromatic rings. The van der Waals surface area contributed by atoms with Gasteiger partial charge in [0.2, 0.25) is 0 Å². The summed E-state index contributed by atoms with van der Waals surface area (Å²) in [4.78, 5) is 8.43. The molecule has 0 saturated carbocycles. The summed E-state index contributed by atoms with van der Waals surface area (Å²) in [6.45, 7) is 2.09. The van der Waals surface area contributed by atoms with Crippen molar-refractivity contribution in [1.29, 1.82) is 0 Å². The predicted molar refractivity (Wildman–Crippen MR) is 96.7 cm³/mol. The fourth-order valence-corrected chi connectivity index (χ4v) is 4.19. The van der Waals surface area contributed by atoms with Gasteiger partial charge in [0.15, 0.2) is 0 Å². The number of thiazole rings is 2. The zero-order valence-electron chi connectivity index (χ0n) is 10.7. The molecule has 2 nitrogen and oxygen atoms in total. The lowest BCUT2D eigenvalue weighted by molar-refractivity contribution is 1.43. The van der Waals surface area contributed by atoms with Crippen molar-refractivity contribution in [3.8, 4) is 0 Å². The molecule has 0 amide bonds. The Labute approximate surface area is 138 Å². The fraction of sp³-hybridized carbons (Fsp3) is 0.0667. The number of benzene rings is 2. The van der Waals surface area contributed by atoms with Crippen LogP contribution in [0.25, 0.3) is 20.4 Å². The van der Waals surface area contributed by atoms with Crippen molar-refractivity contribution in [2.75, 3.05) is 0 Å². The van der Waals surface area contributed by atoms with Gasteiger partial charge in [0.1, 0.15) is 0 Å². The van der Waals surface area contributed by atoms with Crippen LogP contribution in [-0.2, 0) is 0 Å². The van der Waals surface area contributed by atoms with E-state index in [1.54, 1.807) is 22.7 Å². The number of nitrogens with zero attached hydrogens (tertiary/aromatic N) is 2. The lowest BCUT2D eigenvalue weighted by atomic mass is 10.2. The molecule has 4 rings (SSSR count). The maximum Gasteiger partial charge on any atom is 0.0841 e. The largest absolute Gasteiger partial charge is 0.245 e. The Morgan fingerprint density at radius 1 is 0.950 bits per heavy atom. The Bertz CT molecular complexity index is 779. The van der Waals surface area contributed by atoms with Crippen molar-refractivity contribution >= 4 is 65.7 Å². The van der Waals surface area contributed by atoms with Crippen LogP contribution in [0, 0.1) is 10.5 Å². The normalized spacial score (nSPS) is 10.5. The molecule has 0 aliphatic carbocycles. The smallest absolute Gasteiger partial charge is 0.0841 e. The highest BCUT2D eigenvalue weighted by molar-refractivity contribution is 14.1. The lowest BCUT2D eigenvalue weighted by Crippen LogP contribution is -1.72. The minimum Gasteiger partial charge on any atom is -0.245 e. The number of rotatable bonds is 0. The van der Waals surface area contributed by atoms with E-state index in [0.717, 1.165) is 11.0 Å². The minimum atomic E-state index is 1.11. The summed E-state index contributed by atoms with van der Waals surface area (Å²) in [6.07, 6.45) is 0. The van der Waals surface area contributed by atoms with Crippen LogP contribution < -0.4 is 0 Å². The van der Waals surface area contributed by atoms with Gasteiger partial charge in [0.25, 0.3) is 0 Å². The molecule has 0 unspecified atom stereocenters. The maximum absolute atomic E-state index is 4.24. The summed E-state index contributed by atoms with van der Waals surface area (Å²) in [5.41, 5.74) is 7.29. The van der Waals surface area contributed by atoms with Crippen LogP contribution in [0.1, 0.15) is 5.56 Å². The number of fused-ring (bicyclic) bond motifs is 2. The van der Waals surface area contributed by atoms with Gasteiger partial charge in [-0.25, -0.2) is 9.97 Å². The molecule has 0 N–H and O–H groups in total. The Morgan fingerprint density at radius 3 is 2.55 bits per heavy atom. The van der Waals surface area contributed by atoms with Gasteiger partial charge >= 0.3 is 0 Å². The standard InChI is InChI=1S/C8H7NS.C7H4INS/c1-6-3-2-4-7-8(6)9-5-10-7;8-5-2-1-3-6-7(5)10-4-9-6/h2-5H,1H3;1-4H. The third kappa shape index (κ3) is 2.84. The van der Waals surface area contributed by atoms with Crippen LogP contribution in [0.15, 0.2) is 47.4 Å². The molecule has 100 valence electrons. The summed E-state index contributed by atoms with van der Waals surface area (Å²) in [5, 5.41) is 0. The molecule has 0 radical (unpaired) electrons. The van der Waals surface area contributed by atoms with E-state index in [1.165, 1.54) is 18.5 Å². The van der Waals surface area contributed by atoms with Crippen molar-refractivity contribution < 1.29 is 0 Å². The molecule has 0 aliphatic rings. The van der Waals surface area contributed by atoms with E-state index in [1.807, 2.05) is 23.2 Å². The van der Waals surface area contributed by atoms with Gasteiger partial charge in [-0.3, -0.25) is 0 Å². The molecule has 0 saturated heterocycles. The first-order valence-corrected chi connectivity index (χ1v) is 8.86. The zero-order valence-corrected chi connectivity index (χ0v) is 14.5. The number of hydrogen-bond acceptors (Lipinski definition) is 4. The van der Waals surface area contributed by atoms with Gasteiger partial charge in [-0.2, -0.15) is 0 Å². The molecule has 0 fully saturated rings. The van der Waals surface area contributed by atoms with Crippen LogP contribution >= 0.6 is 45.3 Å². The van der Waals surface area contributed by atoms with Gasteiger partial charge in [0.05, 0.1) is 31.5 Å². The zero-order chi connectivity index (χ0) is 13.9. The molecule has 2 aromatic heterocycles. The van der Waals surface area contributed by atoms with E-state index in [9.17, 15) is 0 Å². The van der Waals surface area contributed by atoms with Crippen LogP contribution in [0.4, 0.5) is 0 Å². The first kappa shape index (κ1) is 13.9. The Kier molecular flexibility index (Phi) is 4.28. The summed E-state index contributed by atoms with van der Waals surface area (Å²) in [6, 6.07) is 12.4. The van der Waals surface area contributed by atoms with Gasteiger partial charge in [-0.05, 0) is 53.3 Å². The molecule has 2 aromatic carbocycles. The number of aromatic nitrogens is 2. The third-order valence-electron chi connectivity index (χ3n) is 2.87. The minimum absolute atomic E-state index is 1.11. The predicted octanol–water partition coefficient (Wildman–Crippen LogP) is 5.51. The SMILES string of the molecule is Cc1cccc2scnc12.Ic1cccc2ncsc12. The molecule has 2 heterocycles. The molecule has 20 heavy (non-hydrogen) atoms. The second-order valence-corrected chi connectivity index (χ2v) is 7.12. The summed E-state index contributed by atoms with van der Waals surface area (Å²) in [7, 11) is 0. The monoisotopic (exact) mass is 410 g/mol. The van der Waals surface area contributed by atoms with E-state index in [0.29, 0.717) is 0 Å². The first-order chi connectivity index (χ1) is 9.75. The molecular weight excluding hydrogens is 399 g/mol. The highest BCUT2D eigenvalue weighted by Gasteiger charge is 1.97. The molecular formula is C15H11IN2S2. The van der Waals surface area contributed by atoms with E-state index < -0.39 is 0 Å². The maximum atomic E-state index is 4.24. The first-order valence-electron chi connectivity index (χ1n) is 6.02. The van der Waals surface area contributed by atoms with Crippen LogP contribution in [0.3, 0.4) is 0 Å². The molecule has 0 bridgehead atoms. The molecule has 0 atom stereocenters. The average Bonchev–Trinajstić information content (AvgIpc) is 3.08. The van der Waals surface area contributed by atoms with Crippen molar-refractivity contribution in [3.05, 3.63) is 56.6 Å². The highest BCUT2D eigenvalue weighted by atomic mass is 127. The molecule has 5 heteroatoms. The van der Waals surface area contributed by atoms with Crippen molar-refractivity contribution in [2.45, 2.75) is 6.92 Å². The molecule has 0 spiro atoms. The topological polar surface area (TPSA) is 25.8 Å².